The summed E-state index contributed by atoms with van der Waals surface area (Å²) in [6.45, 7) is 15.9. The third kappa shape index (κ3) is 6.85. The first-order chi connectivity index (χ1) is 18.0. The number of benzene rings is 2. The molecule has 0 aromatic heterocycles. The highest BCUT2D eigenvalue weighted by Crippen LogP contribution is 2.45. The maximum absolute atomic E-state index is 12.6. The van der Waals surface area contributed by atoms with Gasteiger partial charge in [0.15, 0.2) is 6.10 Å². The predicted octanol–water partition coefficient (Wildman–Crippen LogP) is 7.41. The second-order valence-corrected chi connectivity index (χ2v) is 10.4. The number of carbonyl (C=O) groups is 2. The first kappa shape index (κ1) is 29.0. The minimum Gasteiger partial charge on any atom is -0.484 e. The van der Waals surface area contributed by atoms with Crippen LogP contribution in [-0.2, 0) is 24.5 Å². The Labute approximate surface area is 226 Å². The van der Waals surface area contributed by atoms with Gasteiger partial charge in [-0.1, -0.05) is 63.6 Å². The van der Waals surface area contributed by atoms with E-state index in [9.17, 15) is 9.59 Å². The molecular formula is C32H40O6. The minimum atomic E-state index is -1.11. The lowest BCUT2D eigenvalue weighted by molar-refractivity contribution is -0.156. The van der Waals surface area contributed by atoms with Gasteiger partial charge in [0.1, 0.15) is 11.5 Å². The molecule has 2 aromatic rings. The van der Waals surface area contributed by atoms with Crippen molar-refractivity contribution in [3.05, 3.63) is 84.3 Å². The fourth-order valence-electron chi connectivity index (χ4n) is 4.92. The van der Waals surface area contributed by atoms with Crippen LogP contribution in [0.1, 0.15) is 84.3 Å². The van der Waals surface area contributed by atoms with E-state index in [-0.39, 0.29) is 5.41 Å². The van der Waals surface area contributed by atoms with Crippen LogP contribution in [-0.4, -0.2) is 23.6 Å². The van der Waals surface area contributed by atoms with Crippen molar-refractivity contribution in [3.63, 3.8) is 0 Å². The summed E-state index contributed by atoms with van der Waals surface area (Å²) in [5.41, 5.74) is 1.12. The third-order valence-electron chi connectivity index (χ3n) is 7.17. The van der Waals surface area contributed by atoms with Gasteiger partial charge in [-0.05, 0) is 82.3 Å². The van der Waals surface area contributed by atoms with E-state index >= 15 is 0 Å². The maximum atomic E-state index is 12.6. The average Bonchev–Trinajstić information content (AvgIpc) is 2.89. The summed E-state index contributed by atoms with van der Waals surface area (Å²) in [6, 6.07) is 15.8. The highest BCUT2D eigenvalue weighted by Gasteiger charge is 2.38. The number of ether oxygens (including phenoxy) is 4. The van der Waals surface area contributed by atoms with Crippen LogP contribution in [0.4, 0.5) is 0 Å². The van der Waals surface area contributed by atoms with Gasteiger partial charge in [-0.25, -0.2) is 9.59 Å². The van der Waals surface area contributed by atoms with Crippen LogP contribution in [0.3, 0.4) is 0 Å². The van der Waals surface area contributed by atoms with Crippen LogP contribution >= 0.6 is 0 Å². The van der Waals surface area contributed by atoms with Crippen molar-refractivity contribution >= 4 is 11.9 Å². The van der Waals surface area contributed by atoms with Crippen molar-refractivity contribution in [1.82, 2.24) is 0 Å². The monoisotopic (exact) mass is 520 g/mol. The number of hydrogen-bond acceptors (Lipinski definition) is 6. The molecular weight excluding hydrogens is 480 g/mol. The lowest BCUT2D eigenvalue weighted by Crippen LogP contribution is -2.42. The Balaban J connectivity index is 1.82. The number of hydrogen-bond donors (Lipinski definition) is 0. The summed E-state index contributed by atoms with van der Waals surface area (Å²) in [7, 11) is 0. The number of allylic oxidation sites excluding steroid dienone is 2. The molecule has 204 valence electrons. The number of rotatable bonds is 11. The van der Waals surface area contributed by atoms with Gasteiger partial charge in [-0.15, -0.1) is 0 Å². The van der Waals surface area contributed by atoms with Gasteiger partial charge >= 0.3 is 11.9 Å². The van der Waals surface area contributed by atoms with E-state index in [0.29, 0.717) is 29.4 Å². The molecule has 0 bridgehead atoms. The molecule has 0 heterocycles. The van der Waals surface area contributed by atoms with Gasteiger partial charge in [-0.3, -0.25) is 0 Å². The minimum absolute atomic E-state index is 0.150. The van der Waals surface area contributed by atoms with E-state index in [1.165, 1.54) is 17.5 Å². The van der Waals surface area contributed by atoms with E-state index in [1.807, 2.05) is 43.3 Å². The normalized spacial score (nSPS) is 16.9. The van der Waals surface area contributed by atoms with Crippen molar-refractivity contribution < 1.29 is 28.5 Å². The Hall–Kier alpha value is -3.54. The van der Waals surface area contributed by atoms with Crippen LogP contribution < -0.4 is 9.47 Å². The molecule has 0 radical (unpaired) electrons. The summed E-state index contributed by atoms with van der Waals surface area (Å²) in [6.07, 6.45) is 5.24. The van der Waals surface area contributed by atoms with Crippen LogP contribution in [0.2, 0.25) is 0 Å². The topological polar surface area (TPSA) is 71.1 Å². The SMILES string of the molecule is C=C(C)OC(=O)C(C)(CC)Oc1ccc(C2(c3ccc(OC(=O)C(C)OC(=C)C)cc3)CCCCC2)cc1. The molecule has 0 saturated heterocycles. The Morgan fingerprint density at radius 2 is 1.42 bits per heavy atom. The number of carbonyl (C=O) groups excluding carboxylic acids is 2. The van der Waals surface area contributed by atoms with Crippen molar-refractivity contribution in [2.75, 3.05) is 0 Å². The van der Waals surface area contributed by atoms with Crippen LogP contribution in [0.25, 0.3) is 0 Å². The molecule has 0 aliphatic heterocycles. The van der Waals surface area contributed by atoms with Gasteiger partial charge < -0.3 is 18.9 Å². The molecule has 2 aromatic carbocycles. The molecule has 0 amide bonds. The van der Waals surface area contributed by atoms with Gasteiger partial charge in [0.05, 0.1) is 11.5 Å². The average molecular weight is 521 g/mol. The summed E-state index contributed by atoms with van der Waals surface area (Å²) < 4.78 is 22.2. The van der Waals surface area contributed by atoms with Crippen molar-refractivity contribution in [3.8, 4) is 11.5 Å². The molecule has 6 nitrogen and oxygen atoms in total. The van der Waals surface area contributed by atoms with E-state index in [4.69, 9.17) is 18.9 Å². The molecule has 1 aliphatic rings. The Bertz CT molecular complexity index is 1140. The third-order valence-corrected chi connectivity index (χ3v) is 7.17. The highest BCUT2D eigenvalue weighted by molar-refractivity contribution is 5.80. The largest absolute Gasteiger partial charge is 0.484 e. The Morgan fingerprint density at radius 3 is 1.89 bits per heavy atom. The molecule has 0 N–H and O–H groups in total. The van der Waals surface area contributed by atoms with Gasteiger partial charge in [-0.2, -0.15) is 0 Å². The van der Waals surface area contributed by atoms with Gasteiger partial charge in [0.2, 0.25) is 5.60 Å². The summed E-state index contributed by atoms with van der Waals surface area (Å²) >= 11 is 0. The van der Waals surface area contributed by atoms with E-state index in [2.05, 4.69) is 25.3 Å². The lowest BCUT2D eigenvalue weighted by Gasteiger charge is -2.39. The zero-order valence-corrected chi connectivity index (χ0v) is 23.3. The maximum Gasteiger partial charge on any atom is 0.355 e. The molecule has 38 heavy (non-hydrogen) atoms. The highest BCUT2D eigenvalue weighted by atomic mass is 16.6. The Morgan fingerprint density at radius 1 is 0.895 bits per heavy atom. The molecule has 2 atom stereocenters. The fraction of sp³-hybridized carbons (Fsp3) is 0.438. The molecule has 1 saturated carbocycles. The van der Waals surface area contributed by atoms with Gasteiger partial charge in [0.25, 0.3) is 0 Å². The summed E-state index contributed by atoms with van der Waals surface area (Å²) in [5, 5.41) is 0. The molecule has 3 rings (SSSR count). The standard InChI is InChI=1S/C32H40O6/c1-8-31(7,30(34)36-23(4)5)38-28-18-14-26(15-19-28)32(20-10-9-11-21-32)25-12-16-27(17-13-25)37-29(33)24(6)35-22(2)3/h12-19,24H,2,4,8-11,20-21H2,1,3,5-7H3. The zero-order chi connectivity index (χ0) is 27.9. The molecule has 2 unspecified atom stereocenters. The molecule has 6 heteroatoms. The smallest absolute Gasteiger partial charge is 0.355 e. The fourth-order valence-corrected chi connectivity index (χ4v) is 4.92. The molecule has 0 spiro atoms. The second kappa shape index (κ2) is 12.3. The number of esters is 2. The van der Waals surface area contributed by atoms with E-state index < -0.39 is 23.6 Å². The quantitative estimate of drug-likeness (QED) is 0.175. The zero-order valence-electron chi connectivity index (χ0n) is 23.3. The first-order valence-corrected chi connectivity index (χ1v) is 13.3. The van der Waals surface area contributed by atoms with Gasteiger partial charge in [0, 0.05) is 5.41 Å². The van der Waals surface area contributed by atoms with Crippen molar-refractivity contribution in [2.24, 2.45) is 0 Å². The first-order valence-electron chi connectivity index (χ1n) is 13.3. The van der Waals surface area contributed by atoms with E-state index in [0.717, 1.165) is 25.7 Å². The second-order valence-electron chi connectivity index (χ2n) is 10.4. The Kier molecular flexibility index (Phi) is 9.42. The molecule has 1 aliphatic carbocycles. The lowest BCUT2D eigenvalue weighted by atomic mass is 9.65. The van der Waals surface area contributed by atoms with Crippen molar-refractivity contribution in [2.45, 2.75) is 90.3 Å². The van der Waals surface area contributed by atoms with E-state index in [1.54, 1.807) is 27.7 Å². The summed E-state index contributed by atoms with van der Waals surface area (Å²) in [5.74, 6) is 0.966. The molecule has 1 fully saturated rings. The van der Waals surface area contributed by atoms with Crippen LogP contribution in [0.5, 0.6) is 11.5 Å². The summed E-state index contributed by atoms with van der Waals surface area (Å²) in [4.78, 5) is 24.9. The predicted molar refractivity (Wildman–Crippen MR) is 148 cm³/mol. The van der Waals surface area contributed by atoms with Crippen molar-refractivity contribution in [1.29, 1.82) is 0 Å². The van der Waals surface area contributed by atoms with Crippen LogP contribution in [0, 0.1) is 0 Å². The van der Waals surface area contributed by atoms with Crippen LogP contribution in [0.15, 0.2) is 73.2 Å².